The van der Waals surface area contributed by atoms with Crippen molar-refractivity contribution in [2.45, 2.75) is 86.1 Å². The van der Waals surface area contributed by atoms with Crippen molar-refractivity contribution in [2.75, 3.05) is 13.1 Å². The van der Waals surface area contributed by atoms with E-state index in [0.717, 1.165) is 24.6 Å². The van der Waals surface area contributed by atoms with E-state index in [4.69, 9.17) is 0 Å². The molecule has 2 aliphatic rings. The summed E-state index contributed by atoms with van der Waals surface area (Å²) >= 11 is 0. The first-order valence-electron chi connectivity index (χ1n) is 12.4. The molecule has 186 valence electrons. The highest BCUT2D eigenvalue weighted by molar-refractivity contribution is 5.64. The van der Waals surface area contributed by atoms with E-state index < -0.39 is 11.8 Å². The first-order chi connectivity index (χ1) is 15.7. The molecule has 1 atom stereocenters. The number of nitrogens with zero attached hydrogens (tertiary/aromatic N) is 1. The topological polar surface area (TPSA) is 23.5 Å². The lowest BCUT2D eigenvalue weighted by Gasteiger charge is -2.56. The number of aliphatic hydroxyl groups is 1. The summed E-state index contributed by atoms with van der Waals surface area (Å²) in [4.78, 5) is 2.47. The van der Waals surface area contributed by atoms with Gasteiger partial charge in [0.25, 0.3) is 0 Å². The van der Waals surface area contributed by atoms with Crippen molar-refractivity contribution in [3.05, 3.63) is 59.7 Å². The van der Waals surface area contributed by atoms with Gasteiger partial charge in [0.15, 0.2) is 5.60 Å². The molecule has 1 aliphatic carbocycles. The molecule has 1 aliphatic heterocycles. The van der Waals surface area contributed by atoms with Crippen LogP contribution in [0.1, 0.15) is 78.9 Å². The highest BCUT2D eigenvalue weighted by atomic mass is 19.4. The van der Waals surface area contributed by atoms with E-state index in [1.54, 1.807) is 12.1 Å². The van der Waals surface area contributed by atoms with Gasteiger partial charge in [0.05, 0.1) is 0 Å². The molecular formula is C28H42F3NO. The summed E-state index contributed by atoms with van der Waals surface area (Å²) in [7, 11) is 0. The van der Waals surface area contributed by atoms with Crippen LogP contribution in [-0.2, 0) is 12.1 Å². The Morgan fingerprint density at radius 2 is 1.21 bits per heavy atom. The summed E-state index contributed by atoms with van der Waals surface area (Å²) < 4.78 is 38.8. The van der Waals surface area contributed by atoms with E-state index in [0.29, 0.717) is 5.41 Å². The van der Waals surface area contributed by atoms with Gasteiger partial charge >= 0.3 is 6.18 Å². The Morgan fingerprint density at radius 1 is 0.788 bits per heavy atom. The lowest BCUT2D eigenvalue weighted by Crippen LogP contribution is -2.58. The molecule has 1 unspecified atom stereocenters. The van der Waals surface area contributed by atoms with Crippen molar-refractivity contribution in [1.82, 2.24) is 4.90 Å². The maximum absolute atomic E-state index is 12.9. The van der Waals surface area contributed by atoms with E-state index in [1.807, 2.05) is 53.7 Å². The zero-order valence-electron chi connectivity index (χ0n) is 21.4. The van der Waals surface area contributed by atoms with Crippen molar-refractivity contribution in [2.24, 2.45) is 5.41 Å². The molecule has 1 saturated heterocycles. The lowest BCUT2D eigenvalue weighted by molar-refractivity contribution is -0.258. The average Bonchev–Trinajstić information content (AvgIpc) is 2.78. The van der Waals surface area contributed by atoms with Gasteiger partial charge < -0.3 is 5.11 Å². The second-order valence-electron chi connectivity index (χ2n) is 8.34. The minimum Gasteiger partial charge on any atom is -0.376 e. The van der Waals surface area contributed by atoms with Gasteiger partial charge in [0.2, 0.25) is 0 Å². The van der Waals surface area contributed by atoms with Crippen LogP contribution in [0.25, 0.3) is 11.1 Å². The van der Waals surface area contributed by atoms with E-state index in [9.17, 15) is 18.3 Å². The third-order valence-electron chi connectivity index (χ3n) is 6.22. The summed E-state index contributed by atoms with van der Waals surface area (Å²) in [6.45, 7) is 16.1. The average molecular weight is 466 g/mol. The molecule has 1 spiro atoms. The van der Waals surface area contributed by atoms with E-state index in [1.165, 1.54) is 50.0 Å². The normalized spacial score (nSPS) is 18.0. The second-order valence-corrected chi connectivity index (χ2v) is 8.34. The molecule has 0 amide bonds. The predicted molar refractivity (Wildman–Crippen MR) is 133 cm³/mol. The highest BCUT2D eigenvalue weighted by Gasteiger charge is 2.51. The first kappa shape index (κ1) is 29.2. The number of likely N-dealkylation sites (tertiary alicyclic amines) is 1. The molecule has 0 radical (unpaired) electrons. The summed E-state index contributed by atoms with van der Waals surface area (Å²) in [6, 6.07) is 14.1. The molecule has 2 aromatic carbocycles. The molecule has 1 heterocycles. The largest absolute Gasteiger partial charge is 0.421 e. The number of benzene rings is 2. The fourth-order valence-corrected chi connectivity index (χ4v) is 4.22. The van der Waals surface area contributed by atoms with Gasteiger partial charge in [-0.3, -0.25) is 4.90 Å². The van der Waals surface area contributed by atoms with Crippen LogP contribution in [0, 0.1) is 5.41 Å². The molecule has 33 heavy (non-hydrogen) atoms. The Hall–Kier alpha value is -1.85. The number of alkyl halides is 3. The number of hydrogen-bond acceptors (Lipinski definition) is 2. The van der Waals surface area contributed by atoms with E-state index in [-0.39, 0.29) is 5.56 Å². The Kier molecular flexibility index (Phi) is 11.1. The standard InChI is InChI=1S/C22H24F3NO.3C2H6/c1-20(27,22(23,24)25)19-9-7-18(8-10-19)17-5-3-16(4-6-17)13-26-14-21(15-26)11-2-12-21;3*1-2/h3-10,27H,2,11-15H2,1H3;3*1-2H3. The Labute approximate surface area is 198 Å². The van der Waals surface area contributed by atoms with Crippen LogP contribution in [0.15, 0.2) is 48.5 Å². The highest BCUT2D eigenvalue weighted by Crippen LogP contribution is 2.48. The molecule has 5 heteroatoms. The quantitative estimate of drug-likeness (QED) is 0.492. The molecule has 4 rings (SSSR count). The van der Waals surface area contributed by atoms with Crippen LogP contribution >= 0.6 is 0 Å². The third kappa shape index (κ3) is 6.83. The van der Waals surface area contributed by atoms with Crippen LogP contribution in [0.3, 0.4) is 0 Å². The molecule has 1 N–H and O–H groups in total. The first-order valence-corrected chi connectivity index (χ1v) is 12.4. The zero-order valence-corrected chi connectivity index (χ0v) is 21.4. The monoisotopic (exact) mass is 465 g/mol. The SMILES string of the molecule is CC.CC.CC.CC(O)(c1ccc(-c2ccc(CN3CC4(CCC4)C3)cc2)cc1)C(F)(F)F. The molecule has 2 fully saturated rings. The van der Waals surface area contributed by atoms with Crippen LogP contribution in [0.4, 0.5) is 13.2 Å². The van der Waals surface area contributed by atoms with Crippen molar-refractivity contribution >= 4 is 0 Å². The maximum atomic E-state index is 12.9. The Bertz CT molecular complexity index is 799. The van der Waals surface area contributed by atoms with Gasteiger partial charge in [0, 0.05) is 19.6 Å². The van der Waals surface area contributed by atoms with Crippen molar-refractivity contribution < 1.29 is 18.3 Å². The summed E-state index contributed by atoms with van der Waals surface area (Å²) in [5.41, 5.74) is 0.670. The summed E-state index contributed by atoms with van der Waals surface area (Å²) in [5.74, 6) is 0. The molecule has 1 saturated carbocycles. The van der Waals surface area contributed by atoms with Gasteiger partial charge in [-0.15, -0.1) is 0 Å². The van der Waals surface area contributed by atoms with Crippen LogP contribution in [0.5, 0.6) is 0 Å². The Morgan fingerprint density at radius 3 is 1.58 bits per heavy atom. The molecule has 2 aromatic rings. The molecule has 0 aromatic heterocycles. The molecular weight excluding hydrogens is 423 g/mol. The lowest BCUT2D eigenvalue weighted by atomic mass is 9.63. The second kappa shape index (κ2) is 12.6. The van der Waals surface area contributed by atoms with Crippen LogP contribution < -0.4 is 0 Å². The molecule has 2 nitrogen and oxygen atoms in total. The van der Waals surface area contributed by atoms with Crippen molar-refractivity contribution in [3.63, 3.8) is 0 Å². The summed E-state index contributed by atoms with van der Waals surface area (Å²) in [5, 5.41) is 9.76. The van der Waals surface area contributed by atoms with E-state index >= 15 is 0 Å². The van der Waals surface area contributed by atoms with E-state index in [2.05, 4.69) is 17.0 Å². The van der Waals surface area contributed by atoms with Crippen LogP contribution in [0.2, 0.25) is 0 Å². The van der Waals surface area contributed by atoms with Gasteiger partial charge in [-0.2, -0.15) is 13.2 Å². The molecule has 0 bridgehead atoms. The minimum atomic E-state index is -4.70. The smallest absolute Gasteiger partial charge is 0.376 e. The van der Waals surface area contributed by atoms with Gasteiger partial charge in [-0.1, -0.05) is 96.5 Å². The Balaban J connectivity index is 0.000000841. The van der Waals surface area contributed by atoms with Gasteiger partial charge in [-0.05, 0) is 47.4 Å². The van der Waals surface area contributed by atoms with Gasteiger partial charge in [-0.25, -0.2) is 0 Å². The van der Waals surface area contributed by atoms with Crippen molar-refractivity contribution in [3.8, 4) is 11.1 Å². The van der Waals surface area contributed by atoms with Crippen molar-refractivity contribution in [1.29, 1.82) is 0 Å². The third-order valence-corrected chi connectivity index (χ3v) is 6.22. The number of halogens is 3. The fourth-order valence-electron chi connectivity index (χ4n) is 4.22. The minimum absolute atomic E-state index is 0.155. The zero-order chi connectivity index (χ0) is 25.3. The number of rotatable bonds is 4. The maximum Gasteiger partial charge on any atom is 0.421 e. The van der Waals surface area contributed by atoms with Gasteiger partial charge in [0.1, 0.15) is 0 Å². The van der Waals surface area contributed by atoms with Crippen LogP contribution in [-0.4, -0.2) is 29.3 Å². The summed E-state index contributed by atoms with van der Waals surface area (Å²) in [6.07, 6.45) is -0.579. The predicted octanol–water partition coefficient (Wildman–Crippen LogP) is 8.19. The fraction of sp³-hybridized carbons (Fsp3) is 0.571. The number of hydrogen-bond donors (Lipinski definition) is 1.